The maximum absolute atomic E-state index is 11.0. The number of rotatable bonds is 2. The lowest BCUT2D eigenvalue weighted by Gasteiger charge is -1.91. The van der Waals surface area contributed by atoms with E-state index >= 15 is 0 Å². The Morgan fingerprint density at radius 2 is 2.00 bits per heavy atom. The first-order chi connectivity index (χ1) is 7.18. The maximum Gasteiger partial charge on any atom is 0.262 e. The molecule has 2 aromatic rings. The van der Waals surface area contributed by atoms with Gasteiger partial charge in [0.05, 0.1) is 0 Å². The molecule has 0 saturated carbocycles. The van der Waals surface area contributed by atoms with E-state index in [-0.39, 0.29) is 23.3 Å². The Labute approximate surface area is 86.2 Å². The molecule has 0 radical (unpaired) electrons. The standard InChI is InChI=1S/C11H9NO3/c1-7(13)9-10(14)12-11(15-9)8-5-3-2-4-6-8/h2-6,14H,1H3. The fraction of sp³-hybridized carbons (Fsp3) is 0.0909. The van der Waals surface area contributed by atoms with Crippen molar-refractivity contribution >= 4 is 5.78 Å². The zero-order valence-electron chi connectivity index (χ0n) is 8.10. The molecule has 1 aromatic heterocycles. The van der Waals surface area contributed by atoms with Crippen molar-refractivity contribution in [3.8, 4) is 17.3 Å². The molecule has 0 aliphatic heterocycles. The number of carbonyl (C=O) groups excluding carboxylic acids is 1. The second-order valence-corrected chi connectivity index (χ2v) is 3.09. The van der Waals surface area contributed by atoms with Gasteiger partial charge in [-0.3, -0.25) is 4.79 Å². The van der Waals surface area contributed by atoms with Gasteiger partial charge in [0, 0.05) is 12.5 Å². The van der Waals surface area contributed by atoms with Crippen molar-refractivity contribution in [3.63, 3.8) is 0 Å². The van der Waals surface area contributed by atoms with Crippen molar-refractivity contribution in [1.29, 1.82) is 0 Å². The van der Waals surface area contributed by atoms with Crippen LogP contribution in [-0.4, -0.2) is 15.9 Å². The Morgan fingerprint density at radius 3 is 2.53 bits per heavy atom. The summed E-state index contributed by atoms with van der Waals surface area (Å²) in [5, 5.41) is 9.34. The SMILES string of the molecule is CC(=O)c1oc(-c2ccccc2)nc1O. The first-order valence-corrected chi connectivity index (χ1v) is 4.44. The molecule has 4 heteroatoms. The molecule has 1 N–H and O–H groups in total. The van der Waals surface area contributed by atoms with Crippen LogP contribution in [0.4, 0.5) is 0 Å². The van der Waals surface area contributed by atoms with E-state index in [0.717, 1.165) is 5.56 Å². The molecule has 0 bridgehead atoms. The minimum absolute atomic E-state index is 0.103. The van der Waals surface area contributed by atoms with Crippen LogP contribution in [0, 0.1) is 0 Å². The summed E-state index contributed by atoms with van der Waals surface area (Å²) in [4.78, 5) is 14.8. The average Bonchev–Trinajstić information content (AvgIpc) is 2.62. The lowest BCUT2D eigenvalue weighted by molar-refractivity contribution is 0.0984. The molecule has 2 rings (SSSR count). The van der Waals surface area contributed by atoms with Crippen LogP contribution in [0.5, 0.6) is 5.88 Å². The number of nitrogens with zero attached hydrogens (tertiary/aromatic N) is 1. The van der Waals surface area contributed by atoms with Gasteiger partial charge in [0.25, 0.3) is 5.88 Å². The number of benzene rings is 1. The van der Waals surface area contributed by atoms with E-state index in [4.69, 9.17) is 4.42 Å². The molecule has 0 amide bonds. The van der Waals surface area contributed by atoms with Crippen LogP contribution in [-0.2, 0) is 0 Å². The van der Waals surface area contributed by atoms with Gasteiger partial charge in [0.2, 0.25) is 17.4 Å². The summed E-state index contributed by atoms with van der Waals surface area (Å²) in [6.45, 7) is 1.31. The second kappa shape index (κ2) is 3.57. The topological polar surface area (TPSA) is 63.3 Å². The molecule has 0 atom stereocenters. The van der Waals surface area contributed by atoms with Crippen LogP contribution >= 0.6 is 0 Å². The summed E-state index contributed by atoms with van der Waals surface area (Å²) in [7, 11) is 0. The molecule has 0 unspecified atom stereocenters. The number of oxazole rings is 1. The number of ketones is 1. The molecule has 0 spiro atoms. The molecule has 0 fully saturated rings. The molecule has 1 heterocycles. The van der Waals surface area contributed by atoms with E-state index in [9.17, 15) is 9.90 Å². The Hall–Kier alpha value is -2.10. The zero-order chi connectivity index (χ0) is 10.8. The van der Waals surface area contributed by atoms with Crippen molar-refractivity contribution in [2.75, 3.05) is 0 Å². The van der Waals surface area contributed by atoms with E-state index in [1.165, 1.54) is 6.92 Å². The largest absolute Gasteiger partial charge is 0.490 e. The molecular weight excluding hydrogens is 194 g/mol. The quantitative estimate of drug-likeness (QED) is 0.760. The first-order valence-electron chi connectivity index (χ1n) is 4.44. The number of aromatic hydroxyl groups is 1. The normalized spacial score (nSPS) is 10.2. The van der Waals surface area contributed by atoms with E-state index < -0.39 is 0 Å². The molecule has 0 saturated heterocycles. The monoisotopic (exact) mass is 203 g/mol. The highest BCUT2D eigenvalue weighted by Crippen LogP contribution is 2.25. The highest BCUT2D eigenvalue weighted by molar-refractivity contribution is 5.93. The zero-order valence-corrected chi connectivity index (χ0v) is 8.10. The Bertz CT molecular complexity index is 488. The minimum atomic E-state index is -0.360. The summed E-state index contributed by atoms with van der Waals surface area (Å²) in [6, 6.07) is 9.08. The summed E-state index contributed by atoms with van der Waals surface area (Å²) in [6.07, 6.45) is 0. The molecule has 76 valence electrons. The Morgan fingerprint density at radius 1 is 1.33 bits per heavy atom. The van der Waals surface area contributed by atoms with E-state index in [2.05, 4.69) is 4.98 Å². The third kappa shape index (κ3) is 1.74. The summed E-state index contributed by atoms with van der Waals surface area (Å²) < 4.78 is 5.15. The number of hydrogen-bond acceptors (Lipinski definition) is 4. The van der Waals surface area contributed by atoms with Gasteiger partial charge in [-0.1, -0.05) is 18.2 Å². The number of hydrogen-bond donors (Lipinski definition) is 1. The predicted molar refractivity (Wildman–Crippen MR) is 53.6 cm³/mol. The van der Waals surface area contributed by atoms with E-state index in [1.54, 1.807) is 12.1 Å². The van der Waals surface area contributed by atoms with Gasteiger partial charge in [-0.2, -0.15) is 4.98 Å². The lowest BCUT2D eigenvalue weighted by atomic mass is 10.2. The number of aromatic nitrogens is 1. The lowest BCUT2D eigenvalue weighted by Crippen LogP contribution is -1.87. The van der Waals surface area contributed by atoms with Gasteiger partial charge in [0.15, 0.2) is 0 Å². The van der Waals surface area contributed by atoms with Gasteiger partial charge >= 0.3 is 0 Å². The van der Waals surface area contributed by atoms with Crippen molar-refractivity contribution < 1.29 is 14.3 Å². The van der Waals surface area contributed by atoms with Crippen molar-refractivity contribution in [2.24, 2.45) is 0 Å². The van der Waals surface area contributed by atoms with Crippen LogP contribution in [0.3, 0.4) is 0 Å². The maximum atomic E-state index is 11.0. The highest BCUT2D eigenvalue weighted by atomic mass is 16.4. The Balaban J connectivity index is 2.48. The summed E-state index contributed by atoms with van der Waals surface area (Å²) in [5.74, 6) is -0.560. The van der Waals surface area contributed by atoms with E-state index in [1.807, 2.05) is 18.2 Å². The fourth-order valence-corrected chi connectivity index (χ4v) is 1.25. The molecule has 0 aliphatic rings. The smallest absolute Gasteiger partial charge is 0.262 e. The molecular formula is C11H9NO3. The molecule has 4 nitrogen and oxygen atoms in total. The molecule has 15 heavy (non-hydrogen) atoms. The number of carbonyl (C=O) groups is 1. The van der Waals surface area contributed by atoms with Crippen LogP contribution < -0.4 is 0 Å². The summed E-state index contributed by atoms with van der Waals surface area (Å²) >= 11 is 0. The van der Waals surface area contributed by atoms with Gasteiger partial charge in [-0.05, 0) is 12.1 Å². The minimum Gasteiger partial charge on any atom is -0.490 e. The van der Waals surface area contributed by atoms with Gasteiger partial charge in [-0.15, -0.1) is 0 Å². The first kappa shape index (κ1) is 9.45. The summed E-state index contributed by atoms with van der Waals surface area (Å²) in [5.41, 5.74) is 0.723. The molecule has 1 aromatic carbocycles. The number of Topliss-reactive ketones (excluding diaryl/α,β-unsaturated/α-hetero) is 1. The third-order valence-corrected chi connectivity index (χ3v) is 1.95. The van der Waals surface area contributed by atoms with Crippen molar-refractivity contribution in [1.82, 2.24) is 4.98 Å². The average molecular weight is 203 g/mol. The van der Waals surface area contributed by atoms with Crippen molar-refractivity contribution in [3.05, 3.63) is 36.1 Å². The van der Waals surface area contributed by atoms with Crippen LogP contribution in [0.1, 0.15) is 17.5 Å². The second-order valence-electron chi connectivity index (χ2n) is 3.09. The third-order valence-electron chi connectivity index (χ3n) is 1.95. The fourth-order valence-electron chi connectivity index (χ4n) is 1.25. The highest BCUT2D eigenvalue weighted by Gasteiger charge is 2.16. The Kier molecular flexibility index (Phi) is 2.25. The van der Waals surface area contributed by atoms with Crippen LogP contribution in [0.2, 0.25) is 0 Å². The van der Waals surface area contributed by atoms with Crippen LogP contribution in [0.25, 0.3) is 11.5 Å². The predicted octanol–water partition coefficient (Wildman–Crippen LogP) is 2.25. The van der Waals surface area contributed by atoms with Crippen LogP contribution in [0.15, 0.2) is 34.7 Å². The van der Waals surface area contributed by atoms with Gasteiger partial charge in [-0.25, -0.2) is 0 Å². The van der Waals surface area contributed by atoms with E-state index in [0.29, 0.717) is 0 Å². The molecule has 0 aliphatic carbocycles. The van der Waals surface area contributed by atoms with Gasteiger partial charge in [0.1, 0.15) is 0 Å². The van der Waals surface area contributed by atoms with Gasteiger partial charge < -0.3 is 9.52 Å². The van der Waals surface area contributed by atoms with Crippen molar-refractivity contribution in [2.45, 2.75) is 6.92 Å².